The van der Waals surface area contributed by atoms with Crippen LogP contribution in [-0.4, -0.2) is 18.5 Å². The number of amides is 1. The maximum atomic E-state index is 12.5. The first-order valence-corrected chi connectivity index (χ1v) is 7.13. The zero-order chi connectivity index (χ0) is 14.2. The lowest BCUT2D eigenvalue weighted by Crippen LogP contribution is -2.48. The van der Waals surface area contributed by atoms with Gasteiger partial charge in [0.15, 0.2) is 0 Å². The van der Waals surface area contributed by atoms with Gasteiger partial charge in [-0.2, -0.15) is 0 Å². The van der Waals surface area contributed by atoms with Crippen LogP contribution in [0, 0.1) is 19.8 Å². The molecular formula is C16H24N2O. The third-order valence-electron chi connectivity index (χ3n) is 3.75. The first-order valence-electron chi connectivity index (χ1n) is 7.13. The van der Waals surface area contributed by atoms with Gasteiger partial charge in [-0.1, -0.05) is 20.8 Å². The number of carbonyl (C=O) groups excluding carboxylic acids is 1. The van der Waals surface area contributed by atoms with Crippen LogP contribution in [0.3, 0.4) is 0 Å². The van der Waals surface area contributed by atoms with Crippen LogP contribution in [0.5, 0.6) is 0 Å². The molecule has 1 unspecified atom stereocenters. The van der Waals surface area contributed by atoms with Crippen molar-refractivity contribution < 1.29 is 4.79 Å². The molecule has 0 fully saturated rings. The molecule has 0 spiro atoms. The predicted molar refractivity (Wildman–Crippen MR) is 80.8 cm³/mol. The number of carbonyl (C=O) groups is 1. The quantitative estimate of drug-likeness (QED) is 0.902. The summed E-state index contributed by atoms with van der Waals surface area (Å²) in [6.07, 6.45) is 0.819. The second-order valence-electron chi connectivity index (χ2n) is 5.90. The van der Waals surface area contributed by atoms with Crippen molar-refractivity contribution in [2.45, 2.75) is 47.1 Å². The maximum Gasteiger partial charge on any atom is 0.249 e. The van der Waals surface area contributed by atoms with Crippen LogP contribution in [0.15, 0.2) is 12.1 Å². The molecule has 0 saturated carbocycles. The summed E-state index contributed by atoms with van der Waals surface area (Å²) in [5.74, 6) is 0.668. The van der Waals surface area contributed by atoms with Gasteiger partial charge in [0.05, 0.1) is 11.4 Å². The molecule has 0 aromatic heterocycles. The second-order valence-corrected chi connectivity index (χ2v) is 5.90. The number of anilines is 2. The molecule has 3 heteroatoms. The van der Waals surface area contributed by atoms with Gasteiger partial charge in [-0.15, -0.1) is 0 Å². The fourth-order valence-electron chi connectivity index (χ4n) is 2.53. The molecule has 1 amide bonds. The van der Waals surface area contributed by atoms with Crippen molar-refractivity contribution in [3.05, 3.63) is 23.3 Å². The van der Waals surface area contributed by atoms with Gasteiger partial charge in [0.2, 0.25) is 5.91 Å². The van der Waals surface area contributed by atoms with Crippen molar-refractivity contribution in [3.8, 4) is 0 Å². The molecule has 0 bridgehead atoms. The average Bonchev–Trinajstić information content (AvgIpc) is 2.34. The van der Waals surface area contributed by atoms with E-state index in [1.165, 1.54) is 11.1 Å². The van der Waals surface area contributed by atoms with E-state index in [4.69, 9.17) is 0 Å². The Morgan fingerprint density at radius 2 is 1.89 bits per heavy atom. The van der Waals surface area contributed by atoms with Crippen LogP contribution in [-0.2, 0) is 4.79 Å². The van der Waals surface area contributed by atoms with E-state index >= 15 is 0 Å². The lowest BCUT2D eigenvalue weighted by Gasteiger charge is -2.36. The summed E-state index contributed by atoms with van der Waals surface area (Å²) >= 11 is 0. The zero-order valence-electron chi connectivity index (χ0n) is 12.6. The van der Waals surface area contributed by atoms with Crippen molar-refractivity contribution in [3.63, 3.8) is 0 Å². The van der Waals surface area contributed by atoms with E-state index in [2.05, 4.69) is 52.1 Å². The Kier molecular flexibility index (Phi) is 3.83. The topological polar surface area (TPSA) is 32.3 Å². The third kappa shape index (κ3) is 2.60. The maximum absolute atomic E-state index is 12.5. The van der Waals surface area contributed by atoms with Crippen molar-refractivity contribution in [1.29, 1.82) is 0 Å². The van der Waals surface area contributed by atoms with E-state index < -0.39 is 0 Å². The Bertz CT molecular complexity index is 494. The number of nitrogens with one attached hydrogen (secondary N) is 1. The lowest BCUT2D eigenvalue weighted by atomic mass is 10.0. The fraction of sp³-hybridized carbons (Fsp3) is 0.562. The molecule has 3 nitrogen and oxygen atoms in total. The molecule has 0 radical (unpaired) electrons. The fourth-order valence-corrected chi connectivity index (χ4v) is 2.53. The average molecular weight is 260 g/mol. The second kappa shape index (κ2) is 5.24. The van der Waals surface area contributed by atoms with Crippen LogP contribution >= 0.6 is 0 Å². The van der Waals surface area contributed by atoms with Crippen LogP contribution < -0.4 is 10.2 Å². The molecule has 1 N–H and O–H groups in total. The van der Waals surface area contributed by atoms with Crippen molar-refractivity contribution in [2.24, 2.45) is 5.92 Å². The summed E-state index contributed by atoms with van der Waals surface area (Å²) < 4.78 is 0. The predicted octanol–water partition coefficient (Wildman–Crippen LogP) is 3.50. The molecular weight excluding hydrogens is 236 g/mol. The summed E-state index contributed by atoms with van der Waals surface area (Å²) in [7, 11) is 0. The van der Waals surface area contributed by atoms with Crippen molar-refractivity contribution >= 4 is 17.3 Å². The minimum absolute atomic E-state index is 0.0895. The standard InChI is InChI=1S/C16H24N2O/c1-6-13-16(19)18(9-10(2)3)15-8-12(5)11(4)7-14(15)17-13/h7-8,10,13,17H,6,9H2,1-5H3. The SMILES string of the molecule is CCC1Nc2cc(C)c(C)cc2N(CC(C)C)C1=O. The Labute approximate surface area is 116 Å². The minimum Gasteiger partial charge on any atom is -0.372 e. The largest absolute Gasteiger partial charge is 0.372 e. The smallest absolute Gasteiger partial charge is 0.249 e. The molecule has 0 aliphatic carbocycles. The van der Waals surface area contributed by atoms with Gasteiger partial charge in [-0.05, 0) is 49.4 Å². The van der Waals surface area contributed by atoms with Gasteiger partial charge in [0.1, 0.15) is 6.04 Å². The van der Waals surface area contributed by atoms with E-state index in [0.717, 1.165) is 24.3 Å². The van der Waals surface area contributed by atoms with Crippen LogP contribution in [0.2, 0.25) is 0 Å². The third-order valence-corrected chi connectivity index (χ3v) is 3.75. The van der Waals surface area contributed by atoms with Crippen molar-refractivity contribution in [2.75, 3.05) is 16.8 Å². The molecule has 104 valence electrons. The summed E-state index contributed by atoms with van der Waals surface area (Å²) in [6, 6.07) is 4.20. The van der Waals surface area contributed by atoms with E-state index in [9.17, 15) is 4.79 Å². The number of fused-ring (bicyclic) bond motifs is 1. The molecule has 1 heterocycles. The first kappa shape index (κ1) is 13.9. The Morgan fingerprint density at radius 3 is 2.47 bits per heavy atom. The Morgan fingerprint density at radius 1 is 1.26 bits per heavy atom. The van der Waals surface area contributed by atoms with Crippen LogP contribution in [0.25, 0.3) is 0 Å². The highest BCUT2D eigenvalue weighted by atomic mass is 16.2. The molecule has 0 saturated heterocycles. The number of hydrogen-bond acceptors (Lipinski definition) is 2. The minimum atomic E-state index is -0.0895. The Balaban J connectivity index is 2.48. The molecule has 1 aliphatic heterocycles. The van der Waals surface area contributed by atoms with Crippen molar-refractivity contribution in [1.82, 2.24) is 0 Å². The number of hydrogen-bond donors (Lipinski definition) is 1. The molecule has 1 atom stereocenters. The number of rotatable bonds is 3. The molecule has 19 heavy (non-hydrogen) atoms. The highest BCUT2D eigenvalue weighted by Gasteiger charge is 2.31. The summed E-state index contributed by atoms with van der Waals surface area (Å²) in [5, 5.41) is 3.38. The Hall–Kier alpha value is -1.51. The first-order chi connectivity index (χ1) is 8.93. The molecule has 1 aromatic rings. The summed E-state index contributed by atoms with van der Waals surface area (Å²) in [5.41, 5.74) is 4.62. The summed E-state index contributed by atoms with van der Waals surface area (Å²) in [4.78, 5) is 14.5. The highest BCUT2D eigenvalue weighted by Crippen LogP contribution is 2.35. The summed E-state index contributed by atoms with van der Waals surface area (Å²) in [6.45, 7) is 11.3. The van der Waals surface area contributed by atoms with Gasteiger partial charge < -0.3 is 10.2 Å². The van der Waals surface area contributed by atoms with Crippen LogP contribution in [0.4, 0.5) is 11.4 Å². The number of benzene rings is 1. The number of aryl methyl sites for hydroxylation is 2. The monoisotopic (exact) mass is 260 g/mol. The van der Waals surface area contributed by atoms with Gasteiger partial charge in [0.25, 0.3) is 0 Å². The van der Waals surface area contributed by atoms with E-state index in [-0.39, 0.29) is 11.9 Å². The van der Waals surface area contributed by atoms with E-state index in [1.807, 2.05) is 4.90 Å². The molecule has 1 aromatic carbocycles. The van der Waals surface area contributed by atoms with Gasteiger partial charge in [-0.25, -0.2) is 0 Å². The van der Waals surface area contributed by atoms with E-state index in [1.54, 1.807) is 0 Å². The molecule has 2 rings (SSSR count). The normalized spacial score (nSPS) is 18.5. The molecule has 1 aliphatic rings. The van der Waals surface area contributed by atoms with Gasteiger partial charge in [-0.3, -0.25) is 4.79 Å². The zero-order valence-corrected chi connectivity index (χ0v) is 12.6. The van der Waals surface area contributed by atoms with E-state index in [0.29, 0.717) is 5.92 Å². The van der Waals surface area contributed by atoms with Crippen LogP contribution in [0.1, 0.15) is 38.3 Å². The highest BCUT2D eigenvalue weighted by molar-refractivity contribution is 6.05. The van der Waals surface area contributed by atoms with Gasteiger partial charge >= 0.3 is 0 Å². The van der Waals surface area contributed by atoms with Gasteiger partial charge in [0, 0.05) is 6.54 Å². The number of nitrogens with zero attached hydrogens (tertiary/aromatic N) is 1. The lowest BCUT2D eigenvalue weighted by molar-refractivity contribution is -0.119.